The predicted molar refractivity (Wildman–Crippen MR) is 120 cm³/mol. The molecule has 3 aromatic rings. The van der Waals surface area contributed by atoms with Gasteiger partial charge in [0.1, 0.15) is 11.6 Å². The van der Waals surface area contributed by atoms with Crippen molar-refractivity contribution >= 4 is 11.9 Å². The fraction of sp³-hybridized carbons (Fsp3) is 0.320. The summed E-state index contributed by atoms with van der Waals surface area (Å²) in [7, 11) is 2.89. The fourth-order valence-electron chi connectivity index (χ4n) is 4.14. The number of benzene rings is 2. The van der Waals surface area contributed by atoms with Gasteiger partial charge in [0.2, 0.25) is 0 Å². The number of nitrogens with one attached hydrogen (secondary N) is 1. The smallest absolute Gasteiger partial charge is 0.307 e. The van der Waals surface area contributed by atoms with E-state index in [0.717, 1.165) is 42.5 Å². The van der Waals surface area contributed by atoms with Crippen LogP contribution in [0.2, 0.25) is 0 Å². The zero-order valence-corrected chi connectivity index (χ0v) is 18.6. The van der Waals surface area contributed by atoms with Gasteiger partial charge in [-0.1, -0.05) is 12.1 Å². The van der Waals surface area contributed by atoms with E-state index in [2.05, 4.69) is 10.4 Å². The lowest BCUT2D eigenvalue weighted by Crippen LogP contribution is -2.31. The van der Waals surface area contributed by atoms with Crippen LogP contribution in [0.1, 0.15) is 52.6 Å². The van der Waals surface area contributed by atoms with Crippen molar-refractivity contribution in [2.24, 2.45) is 0 Å². The summed E-state index contributed by atoms with van der Waals surface area (Å²) in [5, 5.41) is 7.57. The van der Waals surface area contributed by atoms with E-state index in [-0.39, 0.29) is 18.1 Å². The number of methoxy groups -OCH3 is 2. The van der Waals surface area contributed by atoms with Gasteiger partial charge in [0.15, 0.2) is 5.69 Å². The number of hydrogen-bond donors (Lipinski definition) is 1. The van der Waals surface area contributed by atoms with Gasteiger partial charge in [0, 0.05) is 11.3 Å². The maximum absolute atomic E-state index is 13.4. The number of carbonyl (C=O) groups is 2. The van der Waals surface area contributed by atoms with Gasteiger partial charge in [-0.25, -0.2) is 9.07 Å². The molecule has 172 valence electrons. The standard InChI is InChI=1S/C25H26FN3O4/c1-32-19-13-7-16(8-14-19)21(15-23(30)33-2)27-25(31)24-20-5-3-4-6-22(20)29(28-24)18-11-9-17(26)10-12-18/h7-14,21H,3-6,15H2,1-2H3,(H,27,31). The lowest BCUT2D eigenvalue weighted by atomic mass is 9.95. The van der Waals surface area contributed by atoms with Gasteiger partial charge in [0.25, 0.3) is 5.91 Å². The van der Waals surface area contributed by atoms with Crippen molar-refractivity contribution in [1.29, 1.82) is 0 Å². The van der Waals surface area contributed by atoms with Crippen molar-refractivity contribution in [3.8, 4) is 11.4 Å². The maximum atomic E-state index is 13.4. The van der Waals surface area contributed by atoms with Gasteiger partial charge in [-0.15, -0.1) is 0 Å². The van der Waals surface area contributed by atoms with Gasteiger partial charge in [-0.05, 0) is 67.6 Å². The highest BCUT2D eigenvalue weighted by atomic mass is 19.1. The Hall–Kier alpha value is -3.68. The summed E-state index contributed by atoms with van der Waals surface area (Å²) in [5.74, 6) is -0.453. The number of ether oxygens (including phenoxy) is 2. The first-order valence-corrected chi connectivity index (χ1v) is 10.9. The number of nitrogens with zero attached hydrogens (tertiary/aromatic N) is 2. The molecule has 1 aliphatic carbocycles. The topological polar surface area (TPSA) is 82.5 Å². The minimum absolute atomic E-state index is 0.0184. The van der Waals surface area contributed by atoms with Gasteiger partial charge in [-0.2, -0.15) is 5.10 Å². The van der Waals surface area contributed by atoms with Crippen molar-refractivity contribution in [2.75, 3.05) is 14.2 Å². The SMILES string of the molecule is COC(=O)CC(NC(=O)c1nn(-c2ccc(F)cc2)c2c1CCCC2)c1ccc(OC)cc1. The molecule has 1 amide bonds. The molecule has 7 nitrogen and oxygen atoms in total. The Labute approximate surface area is 191 Å². The minimum atomic E-state index is -0.592. The maximum Gasteiger partial charge on any atom is 0.307 e. The summed E-state index contributed by atoms with van der Waals surface area (Å²) in [4.78, 5) is 25.4. The quantitative estimate of drug-likeness (QED) is 0.551. The van der Waals surface area contributed by atoms with Crippen molar-refractivity contribution in [1.82, 2.24) is 15.1 Å². The van der Waals surface area contributed by atoms with Crippen LogP contribution in [0.5, 0.6) is 5.75 Å². The highest BCUT2D eigenvalue weighted by Crippen LogP contribution is 2.28. The lowest BCUT2D eigenvalue weighted by molar-refractivity contribution is -0.141. The summed E-state index contributed by atoms with van der Waals surface area (Å²) in [6, 6.07) is 12.6. The molecule has 4 rings (SSSR count). The van der Waals surface area contributed by atoms with Crippen molar-refractivity contribution < 1.29 is 23.5 Å². The first kappa shape index (κ1) is 22.5. The molecule has 0 bridgehead atoms. The summed E-state index contributed by atoms with van der Waals surface area (Å²) in [6.07, 6.45) is 3.47. The molecule has 8 heteroatoms. The second-order valence-electron chi connectivity index (χ2n) is 7.95. The molecule has 1 aromatic heterocycles. The summed E-state index contributed by atoms with van der Waals surface area (Å²) < 4.78 is 25.2. The number of aromatic nitrogens is 2. The van der Waals surface area contributed by atoms with E-state index >= 15 is 0 Å². The Kier molecular flexibility index (Phi) is 6.72. The van der Waals surface area contributed by atoms with Gasteiger partial charge >= 0.3 is 5.97 Å². The second-order valence-corrected chi connectivity index (χ2v) is 7.95. The number of fused-ring (bicyclic) bond motifs is 1. The van der Waals surface area contributed by atoms with Crippen LogP contribution in [0.3, 0.4) is 0 Å². The van der Waals surface area contributed by atoms with E-state index in [4.69, 9.17) is 9.47 Å². The van der Waals surface area contributed by atoms with Crippen molar-refractivity contribution in [3.05, 3.63) is 76.9 Å². The van der Waals surface area contributed by atoms with Crippen LogP contribution in [0, 0.1) is 5.82 Å². The fourth-order valence-corrected chi connectivity index (χ4v) is 4.14. The molecule has 1 heterocycles. The summed E-state index contributed by atoms with van der Waals surface area (Å²) in [5.41, 5.74) is 3.65. The highest BCUT2D eigenvalue weighted by molar-refractivity contribution is 5.94. The molecule has 0 fully saturated rings. The monoisotopic (exact) mass is 451 g/mol. The number of halogens is 1. The molecule has 2 aromatic carbocycles. The summed E-state index contributed by atoms with van der Waals surface area (Å²) in [6.45, 7) is 0. The van der Waals surface area contributed by atoms with Crippen molar-refractivity contribution in [3.63, 3.8) is 0 Å². The zero-order valence-electron chi connectivity index (χ0n) is 18.6. The third-order valence-corrected chi connectivity index (χ3v) is 5.89. The van der Waals surface area contributed by atoms with Crippen LogP contribution in [-0.4, -0.2) is 35.9 Å². The third-order valence-electron chi connectivity index (χ3n) is 5.89. The van der Waals surface area contributed by atoms with E-state index in [1.165, 1.54) is 19.2 Å². The Morgan fingerprint density at radius 2 is 1.76 bits per heavy atom. The number of hydrogen-bond acceptors (Lipinski definition) is 5. The molecule has 1 unspecified atom stereocenters. The van der Waals surface area contributed by atoms with Gasteiger partial charge in [-0.3, -0.25) is 9.59 Å². The number of rotatable bonds is 7. The molecule has 0 saturated heterocycles. The Bertz CT molecular complexity index is 1140. The number of carbonyl (C=O) groups excluding carboxylic acids is 2. The number of amides is 1. The first-order chi connectivity index (χ1) is 16.0. The van der Waals surface area contributed by atoms with Gasteiger partial charge in [0.05, 0.1) is 32.4 Å². The second kappa shape index (κ2) is 9.85. The zero-order chi connectivity index (χ0) is 23.4. The molecular formula is C25H26FN3O4. The van der Waals surface area contributed by atoms with Crippen LogP contribution >= 0.6 is 0 Å². The molecule has 1 aliphatic rings. The molecule has 0 spiro atoms. The summed E-state index contributed by atoms with van der Waals surface area (Å²) >= 11 is 0. The van der Waals surface area contributed by atoms with Crippen LogP contribution in [0.4, 0.5) is 4.39 Å². The average Bonchev–Trinajstić information content (AvgIpc) is 3.24. The minimum Gasteiger partial charge on any atom is -0.497 e. The Balaban J connectivity index is 1.66. The first-order valence-electron chi connectivity index (χ1n) is 10.9. The molecule has 33 heavy (non-hydrogen) atoms. The molecule has 0 aliphatic heterocycles. The van der Waals surface area contributed by atoms with Crippen LogP contribution in [0.25, 0.3) is 5.69 Å². The molecule has 1 atom stereocenters. The Morgan fingerprint density at radius 3 is 2.42 bits per heavy atom. The van der Waals surface area contributed by atoms with Crippen molar-refractivity contribution in [2.45, 2.75) is 38.1 Å². The largest absolute Gasteiger partial charge is 0.497 e. The molecular weight excluding hydrogens is 425 g/mol. The molecule has 0 saturated carbocycles. The van der Waals surface area contributed by atoms with Crippen LogP contribution in [-0.2, 0) is 22.4 Å². The predicted octanol–water partition coefficient (Wildman–Crippen LogP) is 3.93. The normalized spacial score (nSPS) is 13.7. The molecule has 0 radical (unpaired) electrons. The average molecular weight is 451 g/mol. The van der Waals surface area contributed by atoms with E-state index in [9.17, 15) is 14.0 Å². The van der Waals surface area contributed by atoms with E-state index < -0.39 is 12.0 Å². The highest BCUT2D eigenvalue weighted by Gasteiger charge is 2.28. The molecule has 1 N–H and O–H groups in total. The third kappa shape index (κ3) is 4.89. The van der Waals surface area contributed by atoms with E-state index in [1.807, 2.05) is 0 Å². The Morgan fingerprint density at radius 1 is 1.06 bits per heavy atom. The van der Waals surface area contributed by atoms with Crippen LogP contribution < -0.4 is 10.1 Å². The van der Waals surface area contributed by atoms with Crippen LogP contribution in [0.15, 0.2) is 48.5 Å². The van der Waals surface area contributed by atoms with Gasteiger partial charge < -0.3 is 14.8 Å². The van der Waals surface area contributed by atoms with E-state index in [1.54, 1.807) is 48.2 Å². The lowest BCUT2D eigenvalue weighted by Gasteiger charge is -2.19. The number of esters is 1. The van der Waals surface area contributed by atoms with E-state index in [0.29, 0.717) is 17.1 Å².